The molecule has 0 spiro atoms. The third-order valence-electron chi connectivity index (χ3n) is 4.31. The quantitative estimate of drug-likeness (QED) is 0.932. The fraction of sp³-hybridized carbons (Fsp3) is 0.579. The maximum Gasteiger partial charge on any atom is 0.227 e. The van der Waals surface area contributed by atoms with Crippen LogP contribution in [0.2, 0.25) is 0 Å². The molecule has 1 aromatic carbocycles. The van der Waals surface area contributed by atoms with Crippen molar-refractivity contribution in [3.8, 4) is 0 Å². The predicted octanol–water partition coefficient (Wildman–Crippen LogP) is 2.90. The molecule has 0 bridgehead atoms. The standard InChI is InChI=1S/C19H28N2O2/c1-14-7-9-15(10-8-14)12-20-17(22)16-6-5-11-21(13-16)18(23)19(2,3)4/h7-10,16H,5-6,11-13H2,1-4H3,(H,20,22)/t16-/m0/s1. The third kappa shape index (κ3) is 4.81. The maximum atomic E-state index is 12.4. The van der Waals surface area contributed by atoms with Crippen LogP contribution in [0.4, 0.5) is 0 Å². The number of piperidine rings is 1. The minimum atomic E-state index is -0.389. The van der Waals surface area contributed by atoms with Gasteiger partial charge in [0.15, 0.2) is 0 Å². The largest absolute Gasteiger partial charge is 0.352 e. The Morgan fingerprint density at radius 1 is 1.22 bits per heavy atom. The van der Waals surface area contributed by atoms with Crippen LogP contribution < -0.4 is 5.32 Å². The van der Waals surface area contributed by atoms with Crippen LogP contribution in [0.5, 0.6) is 0 Å². The van der Waals surface area contributed by atoms with Crippen molar-refractivity contribution in [3.05, 3.63) is 35.4 Å². The highest BCUT2D eigenvalue weighted by molar-refractivity contribution is 5.83. The summed E-state index contributed by atoms with van der Waals surface area (Å²) in [7, 11) is 0. The van der Waals surface area contributed by atoms with Gasteiger partial charge < -0.3 is 10.2 Å². The van der Waals surface area contributed by atoms with E-state index in [2.05, 4.69) is 5.32 Å². The van der Waals surface area contributed by atoms with Crippen molar-refractivity contribution in [2.75, 3.05) is 13.1 Å². The van der Waals surface area contributed by atoms with Gasteiger partial charge >= 0.3 is 0 Å². The first-order valence-electron chi connectivity index (χ1n) is 8.40. The summed E-state index contributed by atoms with van der Waals surface area (Å²) in [6, 6.07) is 8.16. The zero-order valence-corrected chi connectivity index (χ0v) is 14.7. The average molecular weight is 316 g/mol. The highest BCUT2D eigenvalue weighted by atomic mass is 16.2. The lowest BCUT2D eigenvalue weighted by atomic mass is 9.91. The number of carbonyl (C=O) groups is 2. The molecule has 1 atom stereocenters. The molecular formula is C19H28N2O2. The number of rotatable bonds is 3. The second kappa shape index (κ2) is 7.16. The number of aryl methyl sites for hydroxylation is 1. The summed E-state index contributed by atoms with van der Waals surface area (Å²) in [5.41, 5.74) is 1.92. The van der Waals surface area contributed by atoms with Crippen LogP contribution in [0.1, 0.15) is 44.7 Å². The topological polar surface area (TPSA) is 49.4 Å². The molecule has 0 aromatic heterocycles. The smallest absolute Gasteiger partial charge is 0.227 e. The van der Waals surface area contributed by atoms with E-state index in [0.717, 1.165) is 24.9 Å². The Hall–Kier alpha value is -1.84. The van der Waals surface area contributed by atoms with E-state index in [1.165, 1.54) is 5.56 Å². The summed E-state index contributed by atoms with van der Waals surface area (Å²) in [6.07, 6.45) is 1.75. The lowest BCUT2D eigenvalue weighted by Gasteiger charge is -2.35. The van der Waals surface area contributed by atoms with Crippen LogP contribution in [0.25, 0.3) is 0 Å². The average Bonchev–Trinajstić information content (AvgIpc) is 2.52. The number of carbonyl (C=O) groups excluding carboxylic acids is 2. The van der Waals surface area contributed by atoms with Gasteiger partial charge in [0.1, 0.15) is 0 Å². The number of hydrogen-bond donors (Lipinski definition) is 1. The Morgan fingerprint density at radius 2 is 1.87 bits per heavy atom. The molecule has 1 aromatic rings. The predicted molar refractivity (Wildman–Crippen MR) is 91.8 cm³/mol. The molecule has 1 fully saturated rings. The van der Waals surface area contributed by atoms with Gasteiger partial charge in [-0.05, 0) is 25.3 Å². The molecule has 0 aliphatic carbocycles. The highest BCUT2D eigenvalue weighted by Gasteiger charge is 2.33. The number of benzene rings is 1. The van der Waals surface area contributed by atoms with Gasteiger partial charge in [0.05, 0.1) is 5.92 Å². The zero-order valence-electron chi connectivity index (χ0n) is 14.7. The van der Waals surface area contributed by atoms with Crippen LogP contribution in [0.3, 0.4) is 0 Å². The number of amides is 2. The molecule has 4 heteroatoms. The Bertz CT molecular complexity index is 558. The molecule has 2 rings (SSSR count). The molecule has 23 heavy (non-hydrogen) atoms. The summed E-state index contributed by atoms with van der Waals surface area (Å²) in [5.74, 6) is 0.0889. The number of nitrogens with one attached hydrogen (secondary N) is 1. The fourth-order valence-electron chi connectivity index (χ4n) is 2.89. The molecule has 1 saturated heterocycles. The molecule has 1 N–H and O–H groups in total. The van der Waals surface area contributed by atoms with Crippen molar-refractivity contribution < 1.29 is 9.59 Å². The Morgan fingerprint density at radius 3 is 2.48 bits per heavy atom. The second-order valence-corrected chi connectivity index (χ2v) is 7.54. The Kier molecular flexibility index (Phi) is 5.45. The molecule has 0 saturated carbocycles. The van der Waals surface area contributed by atoms with Crippen LogP contribution in [0.15, 0.2) is 24.3 Å². The van der Waals surface area contributed by atoms with Gasteiger partial charge in [-0.3, -0.25) is 9.59 Å². The normalized spacial score (nSPS) is 18.6. The van der Waals surface area contributed by atoms with Crippen LogP contribution in [-0.4, -0.2) is 29.8 Å². The minimum absolute atomic E-state index is 0.0528. The van der Waals surface area contributed by atoms with Crippen molar-refractivity contribution in [1.29, 1.82) is 0 Å². The number of likely N-dealkylation sites (tertiary alicyclic amines) is 1. The first kappa shape index (κ1) is 17.5. The van der Waals surface area contributed by atoms with Crippen molar-refractivity contribution >= 4 is 11.8 Å². The first-order valence-corrected chi connectivity index (χ1v) is 8.40. The van der Waals surface area contributed by atoms with E-state index in [-0.39, 0.29) is 23.1 Å². The van der Waals surface area contributed by atoms with E-state index < -0.39 is 0 Å². The van der Waals surface area contributed by atoms with Gasteiger partial charge in [-0.2, -0.15) is 0 Å². The van der Waals surface area contributed by atoms with Crippen molar-refractivity contribution in [2.24, 2.45) is 11.3 Å². The van der Waals surface area contributed by atoms with Crippen LogP contribution in [-0.2, 0) is 16.1 Å². The van der Waals surface area contributed by atoms with Crippen molar-refractivity contribution in [1.82, 2.24) is 10.2 Å². The Labute approximate surface area is 139 Å². The second-order valence-electron chi connectivity index (χ2n) is 7.54. The van der Waals surface area contributed by atoms with E-state index in [4.69, 9.17) is 0 Å². The minimum Gasteiger partial charge on any atom is -0.352 e. The van der Waals surface area contributed by atoms with Gasteiger partial charge in [0, 0.05) is 25.0 Å². The van der Waals surface area contributed by atoms with Crippen molar-refractivity contribution in [3.63, 3.8) is 0 Å². The van der Waals surface area contributed by atoms with E-state index in [9.17, 15) is 9.59 Å². The van der Waals surface area contributed by atoms with Gasteiger partial charge in [0.25, 0.3) is 0 Å². The van der Waals surface area contributed by atoms with Crippen LogP contribution in [0, 0.1) is 18.3 Å². The van der Waals surface area contributed by atoms with Gasteiger partial charge in [-0.25, -0.2) is 0 Å². The third-order valence-corrected chi connectivity index (χ3v) is 4.31. The Balaban J connectivity index is 1.89. The first-order chi connectivity index (χ1) is 10.8. The zero-order chi connectivity index (χ0) is 17.0. The molecule has 1 aliphatic heterocycles. The molecule has 126 valence electrons. The molecule has 0 radical (unpaired) electrons. The lowest BCUT2D eigenvalue weighted by Crippen LogP contribution is -2.48. The van der Waals surface area contributed by atoms with Crippen molar-refractivity contribution in [2.45, 2.75) is 47.1 Å². The summed E-state index contributed by atoms with van der Waals surface area (Å²) in [5, 5.41) is 3.01. The number of nitrogens with zero attached hydrogens (tertiary/aromatic N) is 1. The molecular weight excluding hydrogens is 288 g/mol. The monoisotopic (exact) mass is 316 g/mol. The van der Waals surface area contributed by atoms with E-state index in [1.807, 2.05) is 56.9 Å². The van der Waals surface area contributed by atoms with Gasteiger partial charge in [-0.1, -0.05) is 50.6 Å². The van der Waals surface area contributed by atoms with Gasteiger partial charge in [0.2, 0.25) is 11.8 Å². The number of hydrogen-bond acceptors (Lipinski definition) is 2. The SMILES string of the molecule is Cc1ccc(CNC(=O)[C@H]2CCCN(C(=O)C(C)(C)C)C2)cc1. The summed E-state index contributed by atoms with van der Waals surface area (Å²) in [6.45, 7) is 9.67. The summed E-state index contributed by atoms with van der Waals surface area (Å²) < 4.78 is 0. The summed E-state index contributed by atoms with van der Waals surface area (Å²) in [4.78, 5) is 26.6. The molecule has 2 amide bonds. The summed E-state index contributed by atoms with van der Waals surface area (Å²) >= 11 is 0. The van der Waals surface area contributed by atoms with E-state index >= 15 is 0 Å². The highest BCUT2D eigenvalue weighted by Crippen LogP contribution is 2.23. The van der Waals surface area contributed by atoms with Gasteiger partial charge in [-0.15, -0.1) is 0 Å². The van der Waals surface area contributed by atoms with E-state index in [1.54, 1.807) is 0 Å². The molecule has 1 aliphatic rings. The molecule has 4 nitrogen and oxygen atoms in total. The molecule has 0 unspecified atom stereocenters. The fourth-order valence-corrected chi connectivity index (χ4v) is 2.89. The maximum absolute atomic E-state index is 12.4. The van der Waals surface area contributed by atoms with Crippen LogP contribution >= 0.6 is 0 Å². The lowest BCUT2D eigenvalue weighted by molar-refractivity contribution is -0.142. The van der Waals surface area contributed by atoms with E-state index in [0.29, 0.717) is 13.1 Å². The molecule has 1 heterocycles.